The van der Waals surface area contributed by atoms with Crippen LogP contribution in [0, 0.1) is 24.0 Å². The summed E-state index contributed by atoms with van der Waals surface area (Å²) in [6.07, 6.45) is 0. The Morgan fingerprint density at radius 1 is 1.38 bits per heavy atom. The normalized spacial score (nSPS) is 10.5. The van der Waals surface area contributed by atoms with Gasteiger partial charge in [0.1, 0.15) is 5.69 Å². The van der Waals surface area contributed by atoms with Crippen LogP contribution >= 0.6 is 27.5 Å². The van der Waals surface area contributed by atoms with Crippen LogP contribution in [0.2, 0.25) is 5.02 Å². The van der Waals surface area contributed by atoms with Crippen molar-refractivity contribution in [1.82, 2.24) is 9.97 Å². The average molecular weight is 373 g/mol. The highest BCUT2D eigenvalue weighted by molar-refractivity contribution is 9.10. The summed E-state index contributed by atoms with van der Waals surface area (Å²) in [7, 11) is 0. The maximum Gasteiger partial charge on any atom is 0.332 e. The summed E-state index contributed by atoms with van der Waals surface area (Å²) in [5.41, 5.74) is 6.93. The Morgan fingerprint density at radius 3 is 2.67 bits per heavy atom. The second kappa shape index (κ2) is 5.82. The fourth-order valence-corrected chi connectivity index (χ4v) is 2.48. The van der Waals surface area contributed by atoms with Gasteiger partial charge in [-0.15, -0.1) is 0 Å². The van der Waals surface area contributed by atoms with E-state index in [2.05, 4.69) is 31.2 Å². The maximum absolute atomic E-state index is 11.2. The minimum absolute atomic E-state index is 0.0191. The fourth-order valence-electron chi connectivity index (χ4n) is 1.76. The van der Waals surface area contributed by atoms with Gasteiger partial charge in [-0.3, -0.25) is 10.1 Å². The van der Waals surface area contributed by atoms with Crippen molar-refractivity contribution in [2.75, 3.05) is 11.1 Å². The Bertz CT molecular complexity index is 738. The van der Waals surface area contributed by atoms with E-state index in [1.807, 2.05) is 6.92 Å². The molecule has 1 aromatic heterocycles. The van der Waals surface area contributed by atoms with Gasteiger partial charge in [0, 0.05) is 9.50 Å². The van der Waals surface area contributed by atoms with Crippen molar-refractivity contribution in [1.29, 1.82) is 0 Å². The second-order valence-electron chi connectivity index (χ2n) is 4.33. The molecule has 0 fully saturated rings. The van der Waals surface area contributed by atoms with Gasteiger partial charge in [-0.2, -0.15) is 4.98 Å². The first-order valence-corrected chi connectivity index (χ1v) is 6.98. The number of nitrogens with zero attached hydrogens (tertiary/aromatic N) is 3. The molecular weight excluding hydrogens is 362 g/mol. The van der Waals surface area contributed by atoms with E-state index in [4.69, 9.17) is 17.3 Å². The second-order valence-corrected chi connectivity index (χ2v) is 5.59. The highest BCUT2D eigenvalue weighted by Crippen LogP contribution is 2.34. The van der Waals surface area contributed by atoms with Gasteiger partial charge in [0.05, 0.1) is 10.6 Å². The van der Waals surface area contributed by atoms with Crippen molar-refractivity contribution in [3.63, 3.8) is 0 Å². The molecule has 0 unspecified atom stereocenters. The van der Waals surface area contributed by atoms with Gasteiger partial charge >= 0.3 is 5.69 Å². The molecular formula is C12H11BrClN5O2. The molecule has 0 bridgehead atoms. The highest BCUT2D eigenvalue weighted by Gasteiger charge is 2.22. The van der Waals surface area contributed by atoms with Gasteiger partial charge in [0.15, 0.2) is 0 Å². The topological polar surface area (TPSA) is 107 Å². The number of hydrogen-bond donors (Lipinski definition) is 2. The molecule has 0 saturated heterocycles. The molecule has 0 saturated carbocycles. The summed E-state index contributed by atoms with van der Waals surface area (Å²) < 4.78 is 0.702. The third-order valence-electron chi connectivity index (χ3n) is 2.76. The van der Waals surface area contributed by atoms with E-state index in [0.29, 0.717) is 15.2 Å². The maximum atomic E-state index is 11.2. The van der Waals surface area contributed by atoms with Crippen LogP contribution in [0.25, 0.3) is 0 Å². The molecule has 1 heterocycles. The lowest BCUT2D eigenvalue weighted by Gasteiger charge is -2.11. The van der Waals surface area contributed by atoms with Gasteiger partial charge in [-0.05, 0) is 47.5 Å². The Kier molecular flexibility index (Phi) is 4.29. The molecule has 0 radical (unpaired) electrons. The molecule has 3 N–H and O–H groups in total. The molecule has 0 aliphatic carbocycles. The van der Waals surface area contributed by atoms with Gasteiger partial charge < -0.3 is 11.1 Å². The van der Waals surface area contributed by atoms with Gasteiger partial charge in [0.25, 0.3) is 0 Å². The Balaban J connectivity index is 2.54. The number of anilines is 3. The number of aromatic nitrogens is 2. The van der Waals surface area contributed by atoms with E-state index < -0.39 is 4.92 Å². The van der Waals surface area contributed by atoms with Crippen molar-refractivity contribution in [3.05, 3.63) is 43.0 Å². The molecule has 0 spiro atoms. The minimum Gasteiger partial charge on any atom is -0.368 e. The van der Waals surface area contributed by atoms with Crippen molar-refractivity contribution in [2.24, 2.45) is 0 Å². The Morgan fingerprint density at radius 2 is 2.05 bits per heavy atom. The van der Waals surface area contributed by atoms with Crippen molar-refractivity contribution < 1.29 is 4.92 Å². The predicted octanol–water partition coefficient (Wildman–Crippen LogP) is 3.74. The van der Waals surface area contributed by atoms with E-state index in [9.17, 15) is 10.1 Å². The number of benzene rings is 1. The molecule has 0 aliphatic rings. The summed E-state index contributed by atoms with van der Waals surface area (Å²) in [6, 6.07) is 3.45. The number of nitrogen functional groups attached to an aromatic ring is 1. The Labute approximate surface area is 133 Å². The number of nitrogens with two attached hydrogens (primary N) is 1. The molecule has 7 nitrogen and oxygen atoms in total. The van der Waals surface area contributed by atoms with Crippen LogP contribution in [0.3, 0.4) is 0 Å². The monoisotopic (exact) mass is 371 g/mol. The molecule has 2 rings (SSSR count). The lowest BCUT2D eigenvalue weighted by atomic mass is 10.2. The summed E-state index contributed by atoms with van der Waals surface area (Å²) in [5, 5.41) is 14.6. The van der Waals surface area contributed by atoms with Crippen molar-refractivity contribution in [2.45, 2.75) is 13.8 Å². The zero-order chi connectivity index (χ0) is 15.7. The zero-order valence-electron chi connectivity index (χ0n) is 11.1. The Hall–Kier alpha value is -1.93. The van der Waals surface area contributed by atoms with Gasteiger partial charge in [-0.25, -0.2) is 4.98 Å². The van der Waals surface area contributed by atoms with Crippen LogP contribution in [-0.4, -0.2) is 14.9 Å². The number of nitro groups is 1. The average Bonchev–Trinajstić information content (AvgIpc) is 2.34. The number of hydrogen-bond acceptors (Lipinski definition) is 6. The zero-order valence-corrected chi connectivity index (χ0v) is 13.5. The molecule has 0 amide bonds. The SMILES string of the molecule is Cc1cc(Br)c(Nc2nc(N)nc(C)c2[N+](=O)[O-])cc1Cl. The van der Waals surface area contributed by atoms with Crippen LogP contribution in [0.15, 0.2) is 16.6 Å². The first kappa shape index (κ1) is 15.5. The summed E-state index contributed by atoms with van der Waals surface area (Å²) in [5.74, 6) is -0.0273. The smallest absolute Gasteiger partial charge is 0.332 e. The number of halogens is 2. The van der Waals surface area contributed by atoms with Crippen LogP contribution < -0.4 is 11.1 Å². The first-order valence-electron chi connectivity index (χ1n) is 5.80. The molecule has 0 atom stereocenters. The fraction of sp³-hybridized carbons (Fsp3) is 0.167. The first-order chi connectivity index (χ1) is 9.79. The number of rotatable bonds is 3. The highest BCUT2D eigenvalue weighted by atomic mass is 79.9. The van der Waals surface area contributed by atoms with Gasteiger partial charge in [-0.1, -0.05) is 11.6 Å². The van der Waals surface area contributed by atoms with E-state index >= 15 is 0 Å². The van der Waals surface area contributed by atoms with Crippen molar-refractivity contribution >= 4 is 50.7 Å². The van der Waals surface area contributed by atoms with E-state index in [1.165, 1.54) is 6.92 Å². The van der Waals surface area contributed by atoms with Crippen LogP contribution in [0.5, 0.6) is 0 Å². The summed E-state index contributed by atoms with van der Waals surface area (Å²) in [4.78, 5) is 18.3. The number of aryl methyl sites for hydroxylation is 2. The van der Waals surface area contributed by atoms with Crippen LogP contribution in [0.4, 0.5) is 23.1 Å². The third-order valence-corrected chi connectivity index (χ3v) is 3.82. The third kappa shape index (κ3) is 3.22. The van der Waals surface area contributed by atoms with E-state index in [-0.39, 0.29) is 23.1 Å². The van der Waals surface area contributed by atoms with Crippen LogP contribution in [0.1, 0.15) is 11.3 Å². The molecule has 110 valence electrons. The molecule has 21 heavy (non-hydrogen) atoms. The quantitative estimate of drug-likeness (QED) is 0.627. The summed E-state index contributed by atoms with van der Waals surface area (Å²) in [6.45, 7) is 3.35. The number of nitrogens with one attached hydrogen (secondary N) is 1. The summed E-state index contributed by atoms with van der Waals surface area (Å²) >= 11 is 9.44. The van der Waals surface area contributed by atoms with Crippen molar-refractivity contribution in [3.8, 4) is 0 Å². The molecule has 2 aromatic rings. The van der Waals surface area contributed by atoms with E-state index in [0.717, 1.165) is 5.56 Å². The largest absolute Gasteiger partial charge is 0.368 e. The predicted molar refractivity (Wildman–Crippen MR) is 85.0 cm³/mol. The minimum atomic E-state index is -0.555. The molecule has 0 aliphatic heterocycles. The van der Waals surface area contributed by atoms with Gasteiger partial charge in [0.2, 0.25) is 11.8 Å². The van der Waals surface area contributed by atoms with Crippen LogP contribution in [-0.2, 0) is 0 Å². The standard InChI is InChI=1S/C12H11BrClN5O2/c1-5-3-7(13)9(4-8(5)14)17-11-10(19(20)21)6(2)16-12(15)18-11/h3-4H,1-2H3,(H3,15,16,17,18). The molecule has 1 aromatic carbocycles. The molecule has 9 heteroatoms. The lowest BCUT2D eigenvalue weighted by Crippen LogP contribution is -2.07. The lowest BCUT2D eigenvalue weighted by molar-refractivity contribution is -0.385. The van der Waals surface area contributed by atoms with E-state index in [1.54, 1.807) is 12.1 Å².